The molecule has 8 heteroatoms. The normalized spacial score (nSPS) is 10.0. The molecule has 0 aromatic heterocycles. The number of anilines is 1. The molecule has 0 radical (unpaired) electrons. The van der Waals surface area contributed by atoms with Gasteiger partial charge in [-0.2, -0.15) is 0 Å². The number of esters is 1. The molecule has 0 unspecified atom stereocenters. The zero-order valence-corrected chi connectivity index (χ0v) is 14.3. The van der Waals surface area contributed by atoms with Crippen molar-refractivity contribution in [1.82, 2.24) is 0 Å². The fourth-order valence-electron chi connectivity index (χ4n) is 1.97. The molecule has 132 valence electrons. The first kappa shape index (κ1) is 18.4. The van der Waals surface area contributed by atoms with E-state index in [1.807, 2.05) is 0 Å². The highest BCUT2D eigenvalue weighted by atomic mass is 35.5. The van der Waals surface area contributed by atoms with Gasteiger partial charge >= 0.3 is 5.97 Å². The maximum Gasteiger partial charge on any atom is 0.342 e. The Bertz CT molecular complexity index is 793. The van der Waals surface area contributed by atoms with Crippen molar-refractivity contribution in [2.24, 2.45) is 0 Å². The molecule has 0 bridgehead atoms. The topological polar surface area (TPSA) is 94.1 Å². The summed E-state index contributed by atoms with van der Waals surface area (Å²) in [5.41, 5.74) is 0.275. The molecule has 2 rings (SSSR count). The average molecular weight is 366 g/mol. The van der Waals surface area contributed by atoms with E-state index in [0.29, 0.717) is 17.2 Å². The maximum absolute atomic E-state index is 12.0. The number of aromatic hydroxyl groups is 1. The lowest BCUT2D eigenvalue weighted by Gasteiger charge is -2.12. The Hall–Kier alpha value is -2.93. The van der Waals surface area contributed by atoms with Gasteiger partial charge in [-0.15, -0.1) is 0 Å². The van der Waals surface area contributed by atoms with Crippen LogP contribution in [0.3, 0.4) is 0 Å². The van der Waals surface area contributed by atoms with Crippen molar-refractivity contribution in [3.05, 3.63) is 47.0 Å². The number of phenols is 1. The smallest absolute Gasteiger partial charge is 0.342 e. The van der Waals surface area contributed by atoms with Gasteiger partial charge in [0, 0.05) is 11.1 Å². The number of benzene rings is 2. The highest BCUT2D eigenvalue weighted by molar-refractivity contribution is 6.31. The summed E-state index contributed by atoms with van der Waals surface area (Å²) >= 11 is 5.77. The van der Waals surface area contributed by atoms with Crippen LogP contribution in [0.25, 0.3) is 0 Å². The Morgan fingerprint density at radius 3 is 2.56 bits per heavy atom. The van der Waals surface area contributed by atoms with Crippen LogP contribution in [0, 0.1) is 0 Å². The molecule has 7 nitrogen and oxygen atoms in total. The lowest BCUT2D eigenvalue weighted by molar-refractivity contribution is -0.119. The Morgan fingerprint density at radius 1 is 1.12 bits per heavy atom. The van der Waals surface area contributed by atoms with Gasteiger partial charge in [0.15, 0.2) is 6.61 Å². The molecule has 0 aliphatic carbocycles. The van der Waals surface area contributed by atoms with E-state index in [0.717, 1.165) is 0 Å². The molecule has 2 aromatic carbocycles. The van der Waals surface area contributed by atoms with Crippen LogP contribution in [0.1, 0.15) is 10.4 Å². The molecule has 2 aromatic rings. The van der Waals surface area contributed by atoms with Crippen LogP contribution in [0.5, 0.6) is 17.2 Å². The fraction of sp³-hybridized carbons (Fsp3) is 0.176. The minimum atomic E-state index is -0.864. The number of hydrogen-bond donors (Lipinski definition) is 2. The van der Waals surface area contributed by atoms with Gasteiger partial charge in [-0.05, 0) is 30.3 Å². The second-order valence-electron chi connectivity index (χ2n) is 4.85. The van der Waals surface area contributed by atoms with E-state index in [-0.39, 0.29) is 16.3 Å². The maximum atomic E-state index is 12.0. The molecule has 0 aliphatic rings. The van der Waals surface area contributed by atoms with E-state index in [1.165, 1.54) is 32.4 Å². The zero-order valence-electron chi connectivity index (χ0n) is 13.5. The molecule has 0 atom stereocenters. The first-order valence-corrected chi connectivity index (χ1v) is 7.50. The molecule has 0 aliphatic heterocycles. The summed E-state index contributed by atoms with van der Waals surface area (Å²) in [5, 5.41) is 12.5. The number of methoxy groups -OCH3 is 2. The number of hydrogen-bond acceptors (Lipinski definition) is 6. The first-order chi connectivity index (χ1) is 11.9. The Balaban J connectivity index is 1.99. The first-order valence-electron chi connectivity index (χ1n) is 7.12. The lowest BCUT2D eigenvalue weighted by Crippen LogP contribution is -2.21. The monoisotopic (exact) mass is 365 g/mol. The molecule has 0 spiro atoms. The predicted molar refractivity (Wildman–Crippen MR) is 91.6 cm³/mol. The van der Waals surface area contributed by atoms with Crippen LogP contribution in [0.2, 0.25) is 5.02 Å². The van der Waals surface area contributed by atoms with Gasteiger partial charge in [-0.3, -0.25) is 4.79 Å². The fourth-order valence-corrected chi connectivity index (χ4v) is 2.14. The van der Waals surface area contributed by atoms with Crippen LogP contribution >= 0.6 is 11.6 Å². The van der Waals surface area contributed by atoms with Gasteiger partial charge in [0.1, 0.15) is 22.8 Å². The van der Waals surface area contributed by atoms with Crippen molar-refractivity contribution in [1.29, 1.82) is 0 Å². The standard InChI is InChI=1S/C17H16ClNO6/c1-23-11-4-5-13(15(8-11)24-2)19-16(21)9-25-17(22)12-7-10(18)3-6-14(12)20/h3-8,20H,9H2,1-2H3,(H,19,21). The summed E-state index contributed by atoms with van der Waals surface area (Å²) in [6.07, 6.45) is 0. The van der Waals surface area contributed by atoms with Crippen molar-refractivity contribution in [3.63, 3.8) is 0 Å². The second kappa shape index (κ2) is 8.25. The molecule has 0 saturated carbocycles. The SMILES string of the molecule is COc1ccc(NC(=O)COC(=O)c2cc(Cl)ccc2O)c(OC)c1. The van der Waals surface area contributed by atoms with Crippen molar-refractivity contribution in [2.75, 3.05) is 26.1 Å². The van der Waals surface area contributed by atoms with Gasteiger partial charge in [0.05, 0.1) is 19.9 Å². The summed E-state index contributed by atoms with van der Waals surface area (Å²) in [6.45, 7) is -0.542. The van der Waals surface area contributed by atoms with Crippen molar-refractivity contribution >= 4 is 29.2 Å². The predicted octanol–water partition coefficient (Wildman–Crippen LogP) is 2.86. The molecule has 0 fully saturated rings. The number of amides is 1. The molecule has 0 saturated heterocycles. The minimum absolute atomic E-state index is 0.123. The van der Waals surface area contributed by atoms with E-state index in [4.69, 9.17) is 25.8 Å². The number of halogens is 1. The van der Waals surface area contributed by atoms with Crippen molar-refractivity contribution in [3.8, 4) is 17.2 Å². The number of carbonyl (C=O) groups excluding carboxylic acids is 2. The van der Waals surface area contributed by atoms with E-state index < -0.39 is 18.5 Å². The third kappa shape index (κ3) is 4.77. The number of nitrogens with one attached hydrogen (secondary N) is 1. The van der Waals surface area contributed by atoms with Gasteiger partial charge in [-0.1, -0.05) is 11.6 Å². The van der Waals surface area contributed by atoms with E-state index in [2.05, 4.69) is 5.32 Å². The highest BCUT2D eigenvalue weighted by Crippen LogP contribution is 2.29. The van der Waals surface area contributed by atoms with E-state index >= 15 is 0 Å². The van der Waals surface area contributed by atoms with E-state index in [1.54, 1.807) is 18.2 Å². The molecule has 25 heavy (non-hydrogen) atoms. The highest BCUT2D eigenvalue weighted by Gasteiger charge is 2.16. The van der Waals surface area contributed by atoms with Gasteiger partial charge in [-0.25, -0.2) is 4.79 Å². The molecular formula is C17H16ClNO6. The van der Waals surface area contributed by atoms with Gasteiger partial charge in [0.25, 0.3) is 5.91 Å². The zero-order chi connectivity index (χ0) is 18.4. The minimum Gasteiger partial charge on any atom is -0.507 e. The van der Waals surface area contributed by atoms with Crippen molar-refractivity contribution < 1.29 is 28.9 Å². The van der Waals surface area contributed by atoms with Crippen LogP contribution in [0.4, 0.5) is 5.69 Å². The third-order valence-electron chi connectivity index (χ3n) is 3.20. The van der Waals surface area contributed by atoms with Crippen LogP contribution in [-0.2, 0) is 9.53 Å². The summed E-state index contributed by atoms with van der Waals surface area (Å²) < 4.78 is 15.1. The summed E-state index contributed by atoms with van der Waals surface area (Å²) in [4.78, 5) is 23.9. The van der Waals surface area contributed by atoms with Crippen LogP contribution < -0.4 is 14.8 Å². The molecule has 0 heterocycles. The largest absolute Gasteiger partial charge is 0.507 e. The molecule has 2 N–H and O–H groups in total. The molecular weight excluding hydrogens is 350 g/mol. The van der Waals surface area contributed by atoms with Crippen LogP contribution in [0.15, 0.2) is 36.4 Å². The van der Waals surface area contributed by atoms with E-state index in [9.17, 15) is 14.7 Å². The van der Waals surface area contributed by atoms with Crippen molar-refractivity contribution in [2.45, 2.75) is 0 Å². The average Bonchev–Trinajstić information content (AvgIpc) is 2.62. The Kier molecular flexibility index (Phi) is 6.08. The summed E-state index contributed by atoms with van der Waals surface area (Å²) in [7, 11) is 2.96. The second-order valence-corrected chi connectivity index (χ2v) is 5.29. The molecule has 1 amide bonds. The number of phenolic OH excluding ortho intramolecular Hbond substituents is 1. The Morgan fingerprint density at radius 2 is 1.88 bits per heavy atom. The number of carbonyl (C=O) groups is 2. The summed E-state index contributed by atoms with van der Waals surface area (Å²) in [5.74, 6) is -0.758. The van der Waals surface area contributed by atoms with Crippen LogP contribution in [-0.4, -0.2) is 37.8 Å². The third-order valence-corrected chi connectivity index (χ3v) is 3.43. The number of ether oxygens (including phenoxy) is 3. The quantitative estimate of drug-likeness (QED) is 0.764. The summed E-state index contributed by atoms with van der Waals surface area (Å²) in [6, 6.07) is 8.79. The van der Waals surface area contributed by atoms with Gasteiger partial charge in [0.2, 0.25) is 0 Å². The Labute approximate surface area is 149 Å². The number of rotatable bonds is 6. The van der Waals surface area contributed by atoms with Gasteiger partial charge < -0.3 is 24.6 Å². The lowest BCUT2D eigenvalue weighted by atomic mass is 10.2.